The Balaban J connectivity index is 1.59. The molecule has 3 aromatic rings. The van der Waals surface area contributed by atoms with Gasteiger partial charge in [0.2, 0.25) is 0 Å². The Kier molecular flexibility index (Phi) is 12.4. The van der Waals surface area contributed by atoms with Gasteiger partial charge >= 0.3 is 18.2 Å². The molecule has 0 radical (unpaired) electrons. The number of likely N-dealkylation sites (N-methyl/N-ethyl adjacent to an activating group) is 1. The fourth-order valence-electron chi connectivity index (χ4n) is 6.54. The van der Waals surface area contributed by atoms with Gasteiger partial charge in [-0.1, -0.05) is 30.1 Å². The molecule has 0 bridgehead atoms. The molecular weight excluding hydrogens is 783 g/mol. The third-order valence-electron chi connectivity index (χ3n) is 9.38. The zero-order chi connectivity index (χ0) is 42.2. The molecule has 1 saturated heterocycles. The third-order valence-corrected chi connectivity index (χ3v) is 10.1. The molecule has 17 nitrogen and oxygen atoms in total. The van der Waals surface area contributed by atoms with E-state index < -0.39 is 34.3 Å². The highest BCUT2D eigenvalue weighted by Gasteiger charge is 2.50. The molecule has 0 unspecified atom stereocenters. The van der Waals surface area contributed by atoms with E-state index in [1.807, 2.05) is 0 Å². The number of carbonyl (C=O) groups excluding carboxylic acids is 3. The lowest BCUT2D eigenvalue weighted by Gasteiger charge is -2.42. The van der Waals surface area contributed by atoms with Crippen molar-refractivity contribution >= 4 is 75.8 Å². The first-order chi connectivity index (χ1) is 26.6. The number of piperazine rings is 1. The fourth-order valence-corrected chi connectivity index (χ4v) is 7.21. The first kappa shape index (κ1) is 43.0. The number of benzene rings is 2. The maximum atomic E-state index is 14.5. The predicted octanol–water partition coefficient (Wildman–Crippen LogP) is 8.45. The SMILES string of the molecule is CCN1CCN(c2ccc(N(C(=O)OC(C)(C)C)c3cc(N(C)C(=O)N(C(=O)OC(C)(C)C)c4c(Cl)c(OC)cc(OC)c4Cl)ncn3)c([N+](=O)[O-])c2)CC12CC2. The number of urea groups is 1. The second-order valence-electron chi connectivity index (χ2n) is 15.6. The van der Waals surface area contributed by atoms with E-state index in [0.29, 0.717) is 17.1 Å². The minimum absolute atomic E-state index is 0.0390. The molecule has 2 aliphatic rings. The Morgan fingerprint density at radius 3 is 2.00 bits per heavy atom. The molecule has 2 aromatic carbocycles. The summed E-state index contributed by atoms with van der Waals surface area (Å²) < 4.78 is 22.1. The molecular formula is C38H48Cl2N8O9. The van der Waals surface area contributed by atoms with Crippen LogP contribution < -0.4 is 29.1 Å². The molecule has 1 aliphatic carbocycles. The lowest BCUT2D eigenvalue weighted by atomic mass is 10.1. The largest absolute Gasteiger partial charge is 0.495 e. The predicted molar refractivity (Wildman–Crippen MR) is 217 cm³/mol. The van der Waals surface area contributed by atoms with Crippen molar-refractivity contribution in [3.05, 3.63) is 56.8 Å². The highest BCUT2D eigenvalue weighted by Crippen LogP contribution is 2.48. The van der Waals surface area contributed by atoms with Crippen LogP contribution in [-0.2, 0) is 9.47 Å². The molecule has 1 aromatic heterocycles. The molecule has 1 saturated carbocycles. The quantitative estimate of drug-likeness (QED) is 0.149. The van der Waals surface area contributed by atoms with Crippen LogP contribution in [0.15, 0.2) is 36.7 Å². The van der Waals surface area contributed by atoms with Gasteiger partial charge in [0, 0.05) is 56.1 Å². The molecule has 308 valence electrons. The van der Waals surface area contributed by atoms with Gasteiger partial charge in [0.25, 0.3) is 5.69 Å². The molecule has 1 spiro atoms. The maximum absolute atomic E-state index is 14.5. The van der Waals surface area contributed by atoms with E-state index in [4.69, 9.17) is 42.1 Å². The van der Waals surface area contributed by atoms with Crippen LogP contribution in [0.1, 0.15) is 61.3 Å². The molecule has 19 heteroatoms. The van der Waals surface area contributed by atoms with Crippen molar-refractivity contribution in [2.45, 2.75) is 78.0 Å². The fraction of sp³-hybridized carbons (Fsp3) is 0.500. The smallest absolute Gasteiger partial charge is 0.423 e. The van der Waals surface area contributed by atoms with Gasteiger partial charge in [-0.2, -0.15) is 4.90 Å². The van der Waals surface area contributed by atoms with E-state index >= 15 is 0 Å². The van der Waals surface area contributed by atoms with Crippen LogP contribution in [0.4, 0.5) is 48.8 Å². The summed E-state index contributed by atoms with van der Waals surface area (Å²) in [6.45, 7) is 15.1. The number of hydrogen-bond donors (Lipinski definition) is 0. The number of anilines is 5. The Morgan fingerprint density at radius 1 is 0.895 bits per heavy atom. The van der Waals surface area contributed by atoms with Crippen molar-refractivity contribution in [3.8, 4) is 11.5 Å². The average Bonchev–Trinajstić information content (AvgIpc) is 3.90. The van der Waals surface area contributed by atoms with Crippen LogP contribution in [-0.4, -0.2) is 102 Å². The number of hydrogen-bond acceptors (Lipinski definition) is 13. The summed E-state index contributed by atoms with van der Waals surface area (Å²) >= 11 is 13.3. The summed E-state index contributed by atoms with van der Waals surface area (Å²) in [6.07, 6.45) is 1.03. The summed E-state index contributed by atoms with van der Waals surface area (Å²) in [4.78, 5) is 70.1. The number of imide groups is 1. The number of halogens is 2. The molecule has 0 atom stereocenters. The Morgan fingerprint density at radius 2 is 1.47 bits per heavy atom. The van der Waals surface area contributed by atoms with Gasteiger partial charge in [-0.3, -0.25) is 19.9 Å². The van der Waals surface area contributed by atoms with E-state index in [1.165, 1.54) is 45.5 Å². The lowest BCUT2D eigenvalue weighted by molar-refractivity contribution is -0.384. The first-order valence-electron chi connectivity index (χ1n) is 18.2. The number of nitro groups is 1. The molecule has 57 heavy (non-hydrogen) atoms. The number of amides is 4. The lowest BCUT2D eigenvalue weighted by Crippen LogP contribution is -2.54. The number of carbonyl (C=O) groups is 3. The summed E-state index contributed by atoms with van der Waals surface area (Å²) in [6, 6.07) is 6.22. The Labute approximate surface area is 341 Å². The molecule has 4 amide bonds. The number of methoxy groups -OCH3 is 2. The summed E-state index contributed by atoms with van der Waals surface area (Å²) in [7, 11) is 3.96. The second-order valence-corrected chi connectivity index (χ2v) is 16.4. The summed E-state index contributed by atoms with van der Waals surface area (Å²) in [5.41, 5.74) is -2.21. The van der Waals surface area contributed by atoms with Gasteiger partial charge in [0.15, 0.2) is 0 Å². The molecule has 0 N–H and O–H groups in total. The molecule has 1 aliphatic heterocycles. The topological polar surface area (TPSA) is 173 Å². The Hall–Kier alpha value is -5.13. The van der Waals surface area contributed by atoms with E-state index in [0.717, 1.165) is 48.6 Å². The van der Waals surface area contributed by atoms with Crippen molar-refractivity contribution in [1.82, 2.24) is 14.9 Å². The first-order valence-corrected chi connectivity index (χ1v) is 18.9. The number of nitrogens with zero attached hydrogens (tertiary/aromatic N) is 8. The van der Waals surface area contributed by atoms with Gasteiger partial charge in [-0.05, 0) is 73.1 Å². The minimum atomic E-state index is -1.15. The maximum Gasteiger partial charge on any atom is 0.423 e. The highest BCUT2D eigenvalue weighted by atomic mass is 35.5. The van der Waals surface area contributed by atoms with Crippen molar-refractivity contribution in [3.63, 3.8) is 0 Å². The van der Waals surface area contributed by atoms with Crippen LogP contribution in [0.25, 0.3) is 0 Å². The molecule has 5 rings (SSSR count). The second kappa shape index (κ2) is 16.4. The van der Waals surface area contributed by atoms with Crippen molar-refractivity contribution < 1.29 is 38.3 Å². The average molecular weight is 832 g/mol. The van der Waals surface area contributed by atoms with Crippen molar-refractivity contribution in [2.24, 2.45) is 0 Å². The van der Waals surface area contributed by atoms with Gasteiger partial charge < -0.3 is 23.8 Å². The van der Waals surface area contributed by atoms with Crippen LogP contribution in [0.3, 0.4) is 0 Å². The van der Waals surface area contributed by atoms with Crippen LogP contribution in [0.5, 0.6) is 11.5 Å². The zero-order valence-electron chi connectivity index (χ0n) is 33.7. The Bertz CT molecular complexity index is 2020. The van der Waals surface area contributed by atoms with Gasteiger partial charge in [0.1, 0.15) is 62.1 Å². The van der Waals surface area contributed by atoms with Gasteiger partial charge in [-0.25, -0.2) is 29.3 Å². The van der Waals surface area contributed by atoms with Gasteiger partial charge in [0.05, 0.1) is 19.1 Å². The van der Waals surface area contributed by atoms with Crippen LogP contribution in [0.2, 0.25) is 10.0 Å². The minimum Gasteiger partial charge on any atom is -0.495 e. The number of ether oxygens (including phenoxy) is 4. The normalized spacial score (nSPS) is 15.1. The van der Waals surface area contributed by atoms with E-state index in [1.54, 1.807) is 47.6 Å². The van der Waals surface area contributed by atoms with Crippen molar-refractivity contribution in [1.29, 1.82) is 0 Å². The molecule has 2 fully saturated rings. The summed E-state index contributed by atoms with van der Waals surface area (Å²) in [5, 5.41) is 12.3. The van der Waals surface area contributed by atoms with E-state index in [9.17, 15) is 24.5 Å². The monoisotopic (exact) mass is 830 g/mol. The highest BCUT2D eigenvalue weighted by molar-refractivity contribution is 6.43. The number of nitro benzene ring substituents is 1. The zero-order valence-corrected chi connectivity index (χ0v) is 35.2. The van der Waals surface area contributed by atoms with Crippen molar-refractivity contribution in [2.75, 3.05) is 67.0 Å². The van der Waals surface area contributed by atoms with E-state index in [2.05, 4.69) is 26.7 Å². The number of rotatable bonds is 9. The summed E-state index contributed by atoms with van der Waals surface area (Å²) in [5.74, 6) is -0.243. The van der Waals surface area contributed by atoms with Crippen LogP contribution in [0, 0.1) is 10.1 Å². The van der Waals surface area contributed by atoms with E-state index in [-0.39, 0.29) is 55.8 Å². The number of aromatic nitrogens is 2. The molecule has 2 heterocycles. The standard InChI is InChI=1S/C38H48Cl2N8O9/c1-11-45-17-16-44(21-38(45)14-15-38)23-12-13-24(25(18-23)48(52)53)46(34(50)56-36(2,3)4)29-20-28(41-22-42-29)43(8)33(49)47(35(51)57-37(5,6)7)32-30(39)26(54-9)19-27(55-10)31(32)40/h12-13,18-20,22H,11,14-17,21H2,1-10H3. The van der Waals surface area contributed by atoms with Gasteiger partial charge in [-0.15, -0.1) is 0 Å². The van der Waals surface area contributed by atoms with Crippen LogP contribution >= 0.6 is 23.2 Å². The third kappa shape index (κ3) is 9.21.